The van der Waals surface area contributed by atoms with Gasteiger partial charge in [-0.1, -0.05) is 19.1 Å². The van der Waals surface area contributed by atoms with Crippen LogP contribution >= 0.6 is 11.5 Å². The van der Waals surface area contributed by atoms with Crippen LogP contribution in [0.2, 0.25) is 0 Å². The molecule has 0 bridgehead atoms. The molecule has 1 aliphatic carbocycles. The summed E-state index contributed by atoms with van der Waals surface area (Å²) < 4.78 is 6.71. The van der Waals surface area contributed by atoms with E-state index in [0.717, 1.165) is 36.4 Å². The molecule has 1 aliphatic rings. The van der Waals surface area contributed by atoms with Crippen LogP contribution in [0.1, 0.15) is 31.4 Å². The van der Waals surface area contributed by atoms with Crippen molar-refractivity contribution in [2.45, 2.75) is 38.8 Å². The second-order valence-corrected chi connectivity index (χ2v) is 7.05. The van der Waals surface area contributed by atoms with Crippen molar-refractivity contribution in [2.75, 3.05) is 5.32 Å². The maximum Gasteiger partial charge on any atom is 0.332 e. The molecule has 26 heavy (non-hydrogen) atoms. The summed E-state index contributed by atoms with van der Waals surface area (Å²) in [5, 5.41) is 4.46. The van der Waals surface area contributed by atoms with Crippen molar-refractivity contribution in [2.24, 2.45) is 0 Å². The highest BCUT2D eigenvalue weighted by atomic mass is 32.1. The van der Waals surface area contributed by atoms with Crippen molar-refractivity contribution in [3.05, 3.63) is 56.0 Å². The lowest BCUT2D eigenvalue weighted by molar-refractivity contribution is -0.116. The maximum atomic E-state index is 12.8. The highest BCUT2D eigenvalue weighted by Gasteiger charge is 2.29. The van der Waals surface area contributed by atoms with Crippen LogP contribution in [0.4, 0.5) is 5.69 Å². The highest BCUT2D eigenvalue weighted by Crippen LogP contribution is 2.32. The molecule has 1 aromatic carbocycles. The van der Waals surface area contributed by atoms with E-state index in [4.69, 9.17) is 0 Å². The van der Waals surface area contributed by atoms with Gasteiger partial charge in [0.05, 0.1) is 5.52 Å². The Morgan fingerprint density at radius 1 is 1.35 bits per heavy atom. The predicted octanol–water partition coefficient (Wildman–Crippen LogP) is 2.16. The average molecular weight is 370 g/mol. The van der Waals surface area contributed by atoms with E-state index >= 15 is 0 Å². The van der Waals surface area contributed by atoms with Crippen molar-refractivity contribution >= 4 is 34.2 Å². The van der Waals surface area contributed by atoms with Gasteiger partial charge in [-0.3, -0.25) is 18.7 Å². The van der Waals surface area contributed by atoms with Crippen LogP contribution in [-0.4, -0.2) is 19.4 Å². The van der Waals surface area contributed by atoms with E-state index in [2.05, 4.69) is 9.69 Å². The van der Waals surface area contributed by atoms with Crippen LogP contribution in [0.5, 0.6) is 0 Å². The quantitative estimate of drug-likeness (QED) is 0.746. The molecule has 1 N–H and O–H groups in total. The van der Waals surface area contributed by atoms with Gasteiger partial charge >= 0.3 is 5.69 Å². The second kappa shape index (κ2) is 6.53. The summed E-state index contributed by atoms with van der Waals surface area (Å²) in [6.07, 6.45) is 2.48. The average Bonchev–Trinajstić information content (AvgIpc) is 3.33. The minimum absolute atomic E-state index is 0.0725. The molecule has 0 saturated heterocycles. The zero-order chi connectivity index (χ0) is 18.3. The fourth-order valence-electron chi connectivity index (χ4n) is 3.03. The number of hydrogen-bond donors (Lipinski definition) is 1. The molecule has 0 radical (unpaired) electrons. The lowest BCUT2D eigenvalue weighted by Crippen LogP contribution is -2.41. The van der Waals surface area contributed by atoms with Crippen molar-refractivity contribution < 1.29 is 4.79 Å². The number of carbonyl (C=O) groups excluding carboxylic acids is 1. The lowest BCUT2D eigenvalue weighted by atomic mass is 10.1. The number of amides is 1. The molecule has 4 rings (SSSR count). The molecule has 1 fully saturated rings. The van der Waals surface area contributed by atoms with Crippen LogP contribution in [0, 0.1) is 0 Å². The highest BCUT2D eigenvalue weighted by molar-refractivity contribution is 7.04. The molecule has 0 spiro atoms. The van der Waals surface area contributed by atoms with Gasteiger partial charge in [-0.15, -0.1) is 0 Å². The second-order valence-electron chi connectivity index (χ2n) is 6.43. The Morgan fingerprint density at radius 2 is 2.15 bits per heavy atom. The Labute approximate surface area is 153 Å². The number of rotatable bonds is 5. The molecule has 2 heterocycles. The van der Waals surface area contributed by atoms with Gasteiger partial charge in [0.1, 0.15) is 6.54 Å². The van der Waals surface area contributed by atoms with E-state index in [0.29, 0.717) is 11.2 Å². The number of anilines is 1. The molecule has 1 saturated carbocycles. The molecule has 1 amide bonds. The minimum atomic E-state index is -0.442. The van der Waals surface area contributed by atoms with Crippen molar-refractivity contribution in [1.29, 1.82) is 0 Å². The number of aromatic nitrogens is 3. The maximum absolute atomic E-state index is 12.8. The van der Waals surface area contributed by atoms with Gasteiger partial charge in [0.25, 0.3) is 5.56 Å². The fourth-order valence-corrected chi connectivity index (χ4v) is 3.69. The summed E-state index contributed by atoms with van der Waals surface area (Å²) in [6.45, 7) is 1.89. The van der Waals surface area contributed by atoms with E-state index in [9.17, 15) is 14.4 Å². The number of fused-ring (bicyclic) bond motifs is 1. The van der Waals surface area contributed by atoms with E-state index in [1.807, 2.05) is 31.2 Å². The first-order valence-electron chi connectivity index (χ1n) is 8.56. The largest absolute Gasteiger partial charge is 0.332 e. The Balaban J connectivity index is 1.68. The van der Waals surface area contributed by atoms with Crippen LogP contribution in [0.25, 0.3) is 11.0 Å². The summed E-state index contributed by atoms with van der Waals surface area (Å²) in [4.78, 5) is 37.8. The number of hydrogen-bond acceptors (Lipinski definition) is 5. The monoisotopic (exact) mass is 370 g/mol. The van der Waals surface area contributed by atoms with Crippen molar-refractivity contribution in [1.82, 2.24) is 13.5 Å². The van der Waals surface area contributed by atoms with Crippen LogP contribution in [-0.2, 0) is 17.8 Å². The Morgan fingerprint density at radius 3 is 2.88 bits per heavy atom. The standard InChI is InChI=1S/C18H18N4O3S/c1-2-11-4-3-5-12(8-11)19-15(23)9-21-14-10-26-20-16(14)17(24)22(18(21)25)13-6-7-13/h3-5,8,10,13H,2,6-7,9H2,1H3,(H,19,23). The molecule has 0 atom stereocenters. The van der Waals surface area contributed by atoms with Crippen molar-refractivity contribution in [3.8, 4) is 0 Å². The van der Waals surface area contributed by atoms with Gasteiger partial charge in [0.15, 0.2) is 5.52 Å². The molecule has 0 aliphatic heterocycles. The molecular formula is C18H18N4O3S. The Bertz CT molecular complexity index is 1110. The molecule has 3 aromatic rings. The third-order valence-electron chi connectivity index (χ3n) is 4.53. The number of aryl methyl sites for hydroxylation is 1. The summed E-state index contributed by atoms with van der Waals surface area (Å²) in [5.74, 6) is -0.311. The number of nitrogens with zero attached hydrogens (tertiary/aromatic N) is 3. The van der Waals surface area contributed by atoms with Gasteiger partial charge in [0, 0.05) is 17.1 Å². The van der Waals surface area contributed by atoms with E-state index in [1.165, 1.54) is 9.13 Å². The topological polar surface area (TPSA) is 86.0 Å². The summed E-state index contributed by atoms with van der Waals surface area (Å²) >= 11 is 1.11. The molecule has 0 unspecified atom stereocenters. The first-order valence-corrected chi connectivity index (χ1v) is 9.40. The predicted molar refractivity (Wildman–Crippen MR) is 101 cm³/mol. The summed E-state index contributed by atoms with van der Waals surface area (Å²) in [7, 11) is 0. The zero-order valence-electron chi connectivity index (χ0n) is 14.3. The first kappa shape index (κ1) is 16.7. The number of benzene rings is 1. The third kappa shape index (κ3) is 2.96. The van der Waals surface area contributed by atoms with E-state index in [1.54, 1.807) is 5.38 Å². The van der Waals surface area contributed by atoms with Crippen LogP contribution in [0.3, 0.4) is 0 Å². The van der Waals surface area contributed by atoms with Gasteiger partial charge in [-0.2, -0.15) is 4.37 Å². The fraction of sp³-hybridized carbons (Fsp3) is 0.333. The van der Waals surface area contributed by atoms with E-state index in [-0.39, 0.29) is 29.6 Å². The first-order chi connectivity index (χ1) is 12.6. The molecule has 7 nitrogen and oxygen atoms in total. The Kier molecular flexibility index (Phi) is 4.20. The minimum Gasteiger partial charge on any atom is -0.325 e. The Hall–Kier alpha value is -2.74. The zero-order valence-corrected chi connectivity index (χ0v) is 15.1. The third-order valence-corrected chi connectivity index (χ3v) is 5.15. The lowest BCUT2D eigenvalue weighted by Gasteiger charge is -2.12. The van der Waals surface area contributed by atoms with Gasteiger partial charge < -0.3 is 5.32 Å². The van der Waals surface area contributed by atoms with Gasteiger partial charge in [-0.25, -0.2) is 4.79 Å². The number of nitrogens with one attached hydrogen (secondary N) is 1. The van der Waals surface area contributed by atoms with Crippen LogP contribution < -0.4 is 16.6 Å². The van der Waals surface area contributed by atoms with Gasteiger partial charge in [-0.05, 0) is 48.5 Å². The summed E-state index contributed by atoms with van der Waals surface area (Å²) in [5.41, 5.74) is 1.68. The molecule has 8 heteroatoms. The number of carbonyl (C=O) groups is 1. The molecular weight excluding hydrogens is 352 g/mol. The normalized spacial score (nSPS) is 13.9. The molecule has 2 aromatic heterocycles. The SMILES string of the molecule is CCc1cccc(NC(=O)Cn2c(=O)n(C3CC3)c(=O)c3nscc32)c1. The van der Waals surface area contributed by atoms with Gasteiger partial charge in [0.2, 0.25) is 5.91 Å². The smallest absolute Gasteiger partial charge is 0.325 e. The summed E-state index contributed by atoms with van der Waals surface area (Å²) in [6, 6.07) is 7.53. The molecule has 134 valence electrons. The van der Waals surface area contributed by atoms with Crippen LogP contribution in [0.15, 0.2) is 39.2 Å². The van der Waals surface area contributed by atoms with E-state index < -0.39 is 5.69 Å². The van der Waals surface area contributed by atoms with Crippen molar-refractivity contribution in [3.63, 3.8) is 0 Å².